The van der Waals surface area contributed by atoms with E-state index in [2.05, 4.69) is 16.3 Å². The number of halogens is 2. The van der Waals surface area contributed by atoms with E-state index in [1.54, 1.807) is 30.2 Å². The topological polar surface area (TPSA) is 49.7 Å². The molecule has 1 aromatic carbocycles. The molecule has 0 spiro atoms. The average Bonchev–Trinajstić information content (AvgIpc) is 2.46. The monoisotopic (exact) mass is 368 g/mol. The normalized spacial score (nSPS) is 16.0. The number of amides is 1. The minimum atomic E-state index is -2.95. The van der Waals surface area contributed by atoms with Crippen molar-refractivity contribution < 1.29 is 9.00 Å². The summed E-state index contributed by atoms with van der Waals surface area (Å²) in [6.07, 6.45) is 6.48. The molecule has 0 saturated carbocycles. The Balaban J connectivity index is 2.34. The largest absolute Gasteiger partial charge is 0.304 e. The fraction of sp³-hybridized carbons (Fsp3) is 0.188. The Labute approximate surface area is 146 Å². The zero-order valence-corrected chi connectivity index (χ0v) is 14.9. The van der Waals surface area contributed by atoms with Gasteiger partial charge in [0.15, 0.2) is 0 Å². The molecule has 2 rings (SSSR count). The number of hydrogen-bond donors (Lipinski definition) is 0. The van der Waals surface area contributed by atoms with Gasteiger partial charge in [-0.1, -0.05) is 35.2 Å². The van der Waals surface area contributed by atoms with E-state index >= 15 is 0 Å². The number of rotatable bonds is 2. The van der Waals surface area contributed by atoms with Gasteiger partial charge in [0, 0.05) is 34.1 Å². The number of benzene rings is 1. The molecule has 1 aromatic rings. The van der Waals surface area contributed by atoms with E-state index in [0.717, 1.165) is 0 Å². The molecule has 0 N–H and O–H groups in total. The molecule has 1 aliphatic heterocycles. The van der Waals surface area contributed by atoms with E-state index in [4.69, 9.17) is 23.2 Å². The predicted molar refractivity (Wildman–Crippen MR) is 93.6 cm³/mol. The lowest BCUT2D eigenvalue weighted by Crippen LogP contribution is -2.21. The minimum Gasteiger partial charge on any atom is -0.304 e. The molecule has 1 amide bonds. The Kier molecular flexibility index (Phi) is 5.53. The molecule has 1 unspecified atom stereocenters. The van der Waals surface area contributed by atoms with Crippen LogP contribution in [0.3, 0.4) is 0 Å². The van der Waals surface area contributed by atoms with E-state index in [0.29, 0.717) is 27.1 Å². The summed E-state index contributed by atoms with van der Waals surface area (Å²) >= 11 is 11.8. The summed E-state index contributed by atoms with van der Waals surface area (Å²) in [5.41, 5.74) is 0.415. The highest BCUT2D eigenvalue weighted by Crippen LogP contribution is 2.24. The fourth-order valence-corrected chi connectivity index (χ4v) is 3.81. The van der Waals surface area contributed by atoms with Crippen LogP contribution < -0.4 is 0 Å². The first-order valence-corrected chi connectivity index (χ1v) is 9.29. The first-order chi connectivity index (χ1) is 10.8. The highest BCUT2D eigenvalue weighted by molar-refractivity contribution is 7.93. The van der Waals surface area contributed by atoms with Gasteiger partial charge in [0.25, 0.3) is 5.91 Å². The smallest absolute Gasteiger partial charge is 0.283 e. The molecule has 0 aromatic heterocycles. The summed E-state index contributed by atoms with van der Waals surface area (Å²) in [6.45, 7) is 2.01. The van der Waals surface area contributed by atoms with Gasteiger partial charge >= 0.3 is 0 Å². The summed E-state index contributed by atoms with van der Waals surface area (Å²) in [6, 6.07) is 7.36. The van der Waals surface area contributed by atoms with Gasteiger partial charge in [0.2, 0.25) is 0 Å². The summed E-state index contributed by atoms with van der Waals surface area (Å²) in [5.74, 6) is 2.21. The molecule has 0 bridgehead atoms. The van der Waals surface area contributed by atoms with Gasteiger partial charge in [0.05, 0.1) is 21.2 Å². The lowest BCUT2D eigenvalue weighted by molar-refractivity contribution is -0.114. The lowest BCUT2D eigenvalue weighted by Gasteiger charge is -2.16. The van der Waals surface area contributed by atoms with Crippen molar-refractivity contribution in [1.29, 1.82) is 0 Å². The quantitative estimate of drug-likeness (QED) is 0.747. The molecule has 1 aliphatic rings. The average molecular weight is 369 g/mol. The van der Waals surface area contributed by atoms with Crippen molar-refractivity contribution in [2.45, 2.75) is 11.8 Å². The second-order valence-corrected chi connectivity index (χ2v) is 7.96. The first kappa shape index (κ1) is 17.6. The van der Waals surface area contributed by atoms with Crippen molar-refractivity contribution >= 4 is 38.8 Å². The van der Waals surface area contributed by atoms with Crippen LogP contribution in [0, 0.1) is 12.0 Å². The summed E-state index contributed by atoms with van der Waals surface area (Å²) in [5, 5.41) is 0.683. The van der Waals surface area contributed by atoms with Crippen molar-refractivity contribution in [3.05, 3.63) is 52.2 Å². The highest BCUT2D eigenvalue weighted by atomic mass is 35.5. The lowest BCUT2D eigenvalue weighted by atomic mass is 10.2. The standard InChI is InChI=1S/C16H14Cl2N2O2S/c1-3-6-20-7-4-5-12(11-20)16(21)19-23(2,22)15-9-13(17)8-14(18)10-15/h4-5,7-10H,11H2,1-2H3. The van der Waals surface area contributed by atoms with Crippen LogP contribution in [0.1, 0.15) is 6.92 Å². The Morgan fingerprint density at radius 1 is 1.30 bits per heavy atom. The molecule has 7 heteroatoms. The molecule has 0 fully saturated rings. The van der Waals surface area contributed by atoms with Crippen molar-refractivity contribution in [3.63, 3.8) is 0 Å². The molecular formula is C16H14Cl2N2O2S. The van der Waals surface area contributed by atoms with Crippen LogP contribution >= 0.6 is 23.2 Å². The first-order valence-electron chi connectivity index (χ1n) is 6.61. The third-order valence-corrected chi connectivity index (χ3v) is 5.03. The van der Waals surface area contributed by atoms with E-state index in [-0.39, 0.29) is 0 Å². The van der Waals surface area contributed by atoms with E-state index in [1.165, 1.54) is 24.5 Å². The van der Waals surface area contributed by atoms with Crippen LogP contribution in [0.2, 0.25) is 10.0 Å². The SMILES string of the molecule is CC#CN1C=CC=C(C(=O)N=S(C)(=O)c2cc(Cl)cc(Cl)c2)C1. The Hall–Kier alpha value is -1.74. The van der Waals surface area contributed by atoms with Gasteiger partial charge in [-0.15, -0.1) is 0 Å². The van der Waals surface area contributed by atoms with Crippen LogP contribution in [0.25, 0.3) is 0 Å². The van der Waals surface area contributed by atoms with Crippen LogP contribution in [0.15, 0.2) is 51.4 Å². The number of allylic oxidation sites excluding steroid dienone is 2. The second-order valence-electron chi connectivity index (χ2n) is 4.83. The highest BCUT2D eigenvalue weighted by Gasteiger charge is 2.17. The van der Waals surface area contributed by atoms with E-state index in [1.807, 2.05) is 0 Å². The molecule has 0 saturated heterocycles. The predicted octanol–water partition coefficient (Wildman–Crippen LogP) is 3.71. The molecule has 1 heterocycles. The van der Waals surface area contributed by atoms with Crippen molar-refractivity contribution in [1.82, 2.24) is 4.90 Å². The molecule has 4 nitrogen and oxygen atoms in total. The summed E-state index contributed by atoms with van der Waals surface area (Å²) in [7, 11) is -2.95. The van der Waals surface area contributed by atoms with Gasteiger partial charge in [-0.2, -0.15) is 4.36 Å². The molecule has 23 heavy (non-hydrogen) atoms. The van der Waals surface area contributed by atoms with Gasteiger partial charge in [-0.05, 0) is 31.2 Å². The summed E-state index contributed by atoms with van der Waals surface area (Å²) in [4.78, 5) is 14.3. The zero-order chi connectivity index (χ0) is 17.0. The van der Waals surface area contributed by atoms with Crippen molar-refractivity contribution in [2.24, 2.45) is 4.36 Å². The molecule has 120 valence electrons. The maximum Gasteiger partial charge on any atom is 0.283 e. The fourth-order valence-electron chi connectivity index (χ4n) is 1.93. The second kappa shape index (κ2) is 7.22. The maximum absolute atomic E-state index is 12.8. The number of carbonyl (C=O) groups excluding carboxylic acids is 1. The number of hydrogen-bond acceptors (Lipinski definition) is 3. The van der Waals surface area contributed by atoms with Crippen LogP contribution in [0.4, 0.5) is 0 Å². The minimum absolute atomic E-state index is 0.297. The molecule has 0 radical (unpaired) electrons. The third-order valence-electron chi connectivity index (χ3n) is 2.96. The number of nitrogens with zero attached hydrogens (tertiary/aromatic N) is 2. The van der Waals surface area contributed by atoms with Gasteiger partial charge in [-0.3, -0.25) is 4.79 Å². The molecular weight excluding hydrogens is 355 g/mol. The Morgan fingerprint density at radius 2 is 1.96 bits per heavy atom. The Bertz CT molecular complexity index is 865. The van der Waals surface area contributed by atoms with Crippen molar-refractivity contribution in [2.75, 3.05) is 12.8 Å². The van der Waals surface area contributed by atoms with Gasteiger partial charge < -0.3 is 4.90 Å². The number of carbonyl (C=O) groups is 1. The Morgan fingerprint density at radius 3 is 2.57 bits per heavy atom. The zero-order valence-electron chi connectivity index (χ0n) is 12.5. The molecule has 1 atom stereocenters. The van der Waals surface area contributed by atoms with Crippen LogP contribution in [-0.4, -0.2) is 27.8 Å². The van der Waals surface area contributed by atoms with E-state index in [9.17, 15) is 9.00 Å². The summed E-state index contributed by atoms with van der Waals surface area (Å²) < 4.78 is 16.6. The van der Waals surface area contributed by atoms with Gasteiger partial charge in [0.1, 0.15) is 0 Å². The molecule has 0 aliphatic carbocycles. The van der Waals surface area contributed by atoms with Crippen LogP contribution in [0.5, 0.6) is 0 Å². The van der Waals surface area contributed by atoms with E-state index < -0.39 is 15.6 Å². The van der Waals surface area contributed by atoms with Crippen LogP contribution in [-0.2, 0) is 14.5 Å². The van der Waals surface area contributed by atoms with Gasteiger partial charge in [-0.25, -0.2) is 4.21 Å². The third kappa shape index (κ3) is 4.61. The van der Waals surface area contributed by atoms with Crippen molar-refractivity contribution in [3.8, 4) is 12.0 Å². The maximum atomic E-state index is 12.8.